The number of benzene rings is 3. The van der Waals surface area contributed by atoms with Crippen LogP contribution in [-0.2, 0) is 12.1 Å². The highest BCUT2D eigenvalue weighted by atomic mass is 19.1. The van der Waals surface area contributed by atoms with E-state index in [0.29, 0.717) is 44.0 Å². The monoisotopic (exact) mass is 513 g/mol. The zero-order valence-corrected chi connectivity index (χ0v) is 21.6. The maximum atomic E-state index is 13.8. The van der Waals surface area contributed by atoms with Crippen LogP contribution in [0.4, 0.5) is 14.9 Å². The third-order valence-corrected chi connectivity index (χ3v) is 7.87. The number of likely N-dealkylation sites (tertiary alicyclic amines) is 2. The zero-order valence-electron chi connectivity index (χ0n) is 21.6. The van der Waals surface area contributed by atoms with Crippen molar-refractivity contribution in [1.82, 2.24) is 9.80 Å². The van der Waals surface area contributed by atoms with Gasteiger partial charge in [-0.25, -0.2) is 9.18 Å². The van der Waals surface area contributed by atoms with E-state index in [1.165, 1.54) is 12.1 Å². The molecule has 2 fully saturated rings. The molecular weight excluding hydrogens is 481 g/mol. The molecule has 7 nitrogen and oxygen atoms in total. The summed E-state index contributed by atoms with van der Waals surface area (Å²) in [6.07, 6.45) is 0. The molecule has 196 valence electrons. The number of aliphatic hydroxyl groups is 1. The van der Waals surface area contributed by atoms with E-state index in [9.17, 15) is 19.6 Å². The topological polar surface area (TPSA) is 106 Å². The van der Waals surface area contributed by atoms with Crippen LogP contribution in [0.2, 0.25) is 0 Å². The molecule has 38 heavy (non-hydrogen) atoms. The van der Waals surface area contributed by atoms with Crippen molar-refractivity contribution in [3.8, 4) is 17.2 Å². The normalized spacial score (nSPS) is 23.1. The second kappa shape index (κ2) is 10.2. The minimum Gasteiger partial charge on any atom is -0.384 e. The van der Waals surface area contributed by atoms with E-state index >= 15 is 0 Å². The number of nitriles is 1. The Labute approximate surface area is 222 Å². The van der Waals surface area contributed by atoms with Gasteiger partial charge in [0, 0.05) is 50.2 Å². The second-order valence-corrected chi connectivity index (χ2v) is 10.6. The molecule has 2 unspecified atom stereocenters. The van der Waals surface area contributed by atoms with Crippen molar-refractivity contribution in [2.24, 2.45) is 17.6 Å². The van der Waals surface area contributed by atoms with E-state index in [1.807, 2.05) is 49.5 Å². The van der Waals surface area contributed by atoms with Crippen molar-refractivity contribution < 1.29 is 14.3 Å². The number of hydrogen-bond acceptors (Lipinski definition) is 5. The first-order valence-electron chi connectivity index (χ1n) is 12.8. The number of carbonyl (C=O) groups is 1. The smallest absolute Gasteiger partial charge is 0.321 e. The highest BCUT2D eigenvalue weighted by Gasteiger charge is 2.53. The number of nitrogens with zero attached hydrogens (tertiary/aromatic N) is 3. The Balaban J connectivity index is 1.39. The predicted molar refractivity (Wildman–Crippen MR) is 145 cm³/mol. The molecule has 0 aliphatic carbocycles. The number of urea groups is 1. The van der Waals surface area contributed by atoms with Crippen molar-refractivity contribution in [2.75, 3.05) is 38.5 Å². The molecule has 0 saturated carbocycles. The summed E-state index contributed by atoms with van der Waals surface area (Å²) in [5.41, 5.74) is 9.76. The molecule has 3 aromatic carbocycles. The Bertz CT molecular complexity index is 1360. The van der Waals surface area contributed by atoms with E-state index in [-0.39, 0.29) is 17.9 Å². The second-order valence-electron chi connectivity index (χ2n) is 10.6. The minimum atomic E-state index is -1.10. The van der Waals surface area contributed by atoms with Gasteiger partial charge in [-0.2, -0.15) is 5.26 Å². The maximum Gasteiger partial charge on any atom is 0.321 e. The number of carbonyl (C=O) groups excluding carboxylic acids is 1. The van der Waals surface area contributed by atoms with Gasteiger partial charge in [-0.1, -0.05) is 36.4 Å². The van der Waals surface area contributed by atoms with Gasteiger partial charge in [-0.15, -0.1) is 0 Å². The third-order valence-electron chi connectivity index (χ3n) is 7.87. The van der Waals surface area contributed by atoms with Gasteiger partial charge >= 0.3 is 6.03 Å². The molecule has 0 spiro atoms. The molecular formula is C30H32FN5O2. The number of aryl methyl sites for hydroxylation is 1. The van der Waals surface area contributed by atoms with Crippen LogP contribution in [0.5, 0.6) is 0 Å². The van der Waals surface area contributed by atoms with E-state index in [4.69, 9.17) is 5.73 Å². The number of piperidine rings is 2. The van der Waals surface area contributed by atoms with Gasteiger partial charge in [0.1, 0.15) is 11.4 Å². The summed E-state index contributed by atoms with van der Waals surface area (Å²) in [5.74, 6) is -0.804. The average molecular weight is 514 g/mol. The molecule has 2 bridgehead atoms. The molecule has 2 amide bonds. The molecule has 2 saturated heterocycles. The van der Waals surface area contributed by atoms with Gasteiger partial charge in [0.25, 0.3) is 0 Å². The summed E-state index contributed by atoms with van der Waals surface area (Å²) in [4.78, 5) is 17.0. The lowest BCUT2D eigenvalue weighted by Gasteiger charge is -2.55. The Morgan fingerprint density at radius 2 is 1.79 bits per heavy atom. The highest BCUT2D eigenvalue weighted by Crippen LogP contribution is 2.45. The van der Waals surface area contributed by atoms with Crippen LogP contribution >= 0.6 is 0 Å². The first-order chi connectivity index (χ1) is 18.2. The lowest BCUT2D eigenvalue weighted by Crippen LogP contribution is -2.65. The largest absolute Gasteiger partial charge is 0.384 e. The van der Waals surface area contributed by atoms with E-state index in [0.717, 1.165) is 27.8 Å². The van der Waals surface area contributed by atoms with E-state index in [2.05, 4.69) is 16.3 Å². The van der Waals surface area contributed by atoms with Crippen molar-refractivity contribution in [3.63, 3.8) is 0 Å². The summed E-state index contributed by atoms with van der Waals surface area (Å²) < 4.78 is 13.8. The quantitative estimate of drug-likeness (QED) is 0.488. The summed E-state index contributed by atoms with van der Waals surface area (Å²) in [5, 5.41) is 24.6. The maximum absolute atomic E-state index is 13.8. The fraction of sp³-hybridized carbons (Fsp3) is 0.333. The number of hydrogen-bond donors (Lipinski definition) is 3. The molecule has 2 atom stereocenters. The Morgan fingerprint density at radius 3 is 2.39 bits per heavy atom. The van der Waals surface area contributed by atoms with Gasteiger partial charge in [-0.3, -0.25) is 0 Å². The molecule has 2 aliphatic heterocycles. The van der Waals surface area contributed by atoms with E-state index < -0.39 is 11.4 Å². The Hall–Kier alpha value is -3.77. The van der Waals surface area contributed by atoms with Gasteiger partial charge in [0.2, 0.25) is 0 Å². The van der Waals surface area contributed by atoms with Crippen LogP contribution in [0, 0.1) is 35.9 Å². The highest BCUT2D eigenvalue weighted by molar-refractivity contribution is 5.89. The van der Waals surface area contributed by atoms with Crippen LogP contribution in [0.25, 0.3) is 11.1 Å². The molecule has 3 aromatic rings. The fourth-order valence-corrected chi connectivity index (χ4v) is 6.07. The third kappa shape index (κ3) is 4.76. The van der Waals surface area contributed by atoms with Crippen molar-refractivity contribution >= 4 is 11.7 Å². The molecule has 5 rings (SSSR count). The van der Waals surface area contributed by atoms with Crippen LogP contribution in [0.1, 0.15) is 22.3 Å². The Morgan fingerprint density at radius 1 is 1.11 bits per heavy atom. The molecule has 2 heterocycles. The number of anilines is 1. The SMILES string of the molecule is Cc1cc(F)cc(NC(=O)N2CC3CN(C)CC(C2)C3(O)c2ccc(-c3ccc(CN)cc3C#N)cc2)c1. The molecule has 8 heteroatoms. The van der Waals surface area contributed by atoms with Gasteiger partial charge in [0.15, 0.2) is 0 Å². The summed E-state index contributed by atoms with van der Waals surface area (Å²) in [6.45, 7) is 4.17. The first-order valence-corrected chi connectivity index (χ1v) is 12.8. The minimum absolute atomic E-state index is 0.204. The van der Waals surface area contributed by atoms with E-state index in [1.54, 1.807) is 17.9 Å². The van der Waals surface area contributed by atoms with Gasteiger partial charge < -0.3 is 26.0 Å². The molecule has 4 N–H and O–H groups in total. The lowest BCUT2D eigenvalue weighted by molar-refractivity contribution is -0.153. The summed E-state index contributed by atoms with van der Waals surface area (Å²) >= 11 is 0. The number of nitrogens with one attached hydrogen (secondary N) is 1. The average Bonchev–Trinajstić information content (AvgIpc) is 2.88. The zero-order chi connectivity index (χ0) is 27.0. The van der Waals surface area contributed by atoms with Crippen molar-refractivity contribution in [2.45, 2.75) is 19.1 Å². The number of nitrogens with two attached hydrogens (primary N) is 1. The number of amides is 2. The van der Waals surface area contributed by atoms with Crippen LogP contribution in [0.15, 0.2) is 60.7 Å². The predicted octanol–water partition coefficient (Wildman–Crippen LogP) is 4.04. The number of rotatable bonds is 4. The molecule has 0 aromatic heterocycles. The fourth-order valence-electron chi connectivity index (χ4n) is 6.07. The van der Waals surface area contributed by atoms with Crippen molar-refractivity contribution in [3.05, 3.63) is 88.7 Å². The van der Waals surface area contributed by atoms with Crippen LogP contribution < -0.4 is 11.1 Å². The summed E-state index contributed by atoms with van der Waals surface area (Å²) in [6, 6.07) is 19.8. The first kappa shape index (κ1) is 25.9. The van der Waals surface area contributed by atoms with Gasteiger partial charge in [0.05, 0.1) is 11.6 Å². The van der Waals surface area contributed by atoms with Crippen LogP contribution in [0.3, 0.4) is 0 Å². The lowest BCUT2D eigenvalue weighted by atomic mass is 9.66. The summed E-state index contributed by atoms with van der Waals surface area (Å²) in [7, 11) is 2.03. The van der Waals surface area contributed by atoms with Crippen LogP contribution in [-0.4, -0.2) is 54.2 Å². The van der Waals surface area contributed by atoms with Crippen molar-refractivity contribution in [1.29, 1.82) is 5.26 Å². The number of halogens is 1. The standard InChI is InChI=1S/C30H32FN5O2/c1-19-9-26(31)12-27(10-19)34-29(37)36-17-24-15-35(2)16-25(18-36)30(24,38)23-6-4-21(5-7-23)28-8-3-20(13-32)11-22(28)14-33/h3-12,24-25,38H,13,15-18,32H2,1-2H3,(H,34,37). The molecule has 2 aliphatic rings. The Kier molecular flexibility index (Phi) is 6.93. The number of fused-ring (bicyclic) bond motifs is 2. The van der Waals surface area contributed by atoms with Gasteiger partial charge in [-0.05, 0) is 66.1 Å². The molecule has 0 radical (unpaired) electrons.